The van der Waals surface area contributed by atoms with E-state index < -0.39 is 0 Å². The molecule has 1 nitrogen and oxygen atoms in total. The molecular weight excluding hydrogens is 232 g/mol. The number of aliphatic hydroxyl groups is 1. The van der Waals surface area contributed by atoms with Gasteiger partial charge in [-0.25, -0.2) is 0 Å². The first-order chi connectivity index (χ1) is 8.77. The molecule has 4 bridgehead atoms. The molecule has 0 amide bonds. The van der Waals surface area contributed by atoms with E-state index in [2.05, 4.69) is 27.7 Å². The second-order valence-corrected chi connectivity index (χ2v) is 9.29. The average Bonchev–Trinajstić information content (AvgIpc) is 2.21. The van der Waals surface area contributed by atoms with E-state index in [4.69, 9.17) is 0 Å². The standard InChI is InChI=1S/C18H32O/c1-5-13(2)15(19)9-18-8-14-6-16(3,11-18)10-17(4,7-14)12-18/h13-15,19H,5-12H2,1-4H3. The molecular formula is C18H32O. The Morgan fingerprint density at radius 1 is 1.05 bits per heavy atom. The summed E-state index contributed by atoms with van der Waals surface area (Å²) >= 11 is 0. The molecule has 4 rings (SSSR count). The van der Waals surface area contributed by atoms with Crippen molar-refractivity contribution in [2.45, 2.75) is 85.2 Å². The van der Waals surface area contributed by atoms with Crippen LogP contribution >= 0.6 is 0 Å². The Morgan fingerprint density at radius 2 is 1.63 bits per heavy atom. The van der Waals surface area contributed by atoms with E-state index in [0.29, 0.717) is 22.2 Å². The highest BCUT2D eigenvalue weighted by molar-refractivity contribution is 5.10. The predicted molar refractivity (Wildman–Crippen MR) is 79.9 cm³/mol. The molecule has 1 N–H and O–H groups in total. The lowest BCUT2D eigenvalue weighted by Gasteiger charge is -2.66. The third-order valence-electron chi connectivity index (χ3n) is 6.68. The smallest absolute Gasteiger partial charge is 0.0571 e. The number of aliphatic hydroxyl groups excluding tert-OH is 1. The van der Waals surface area contributed by atoms with Gasteiger partial charge in [0.05, 0.1) is 6.10 Å². The van der Waals surface area contributed by atoms with Crippen LogP contribution in [0.1, 0.15) is 79.1 Å². The summed E-state index contributed by atoms with van der Waals surface area (Å²) in [6.07, 6.45) is 10.7. The van der Waals surface area contributed by atoms with Gasteiger partial charge in [0.15, 0.2) is 0 Å². The molecule has 0 radical (unpaired) electrons. The van der Waals surface area contributed by atoms with Gasteiger partial charge in [-0.3, -0.25) is 0 Å². The van der Waals surface area contributed by atoms with Gasteiger partial charge in [0.1, 0.15) is 0 Å². The number of hydrogen-bond acceptors (Lipinski definition) is 1. The molecule has 4 saturated carbocycles. The maximum absolute atomic E-state index is 10.5. The van der Waals surface area contributed by atoms with Gasteiger partial charge in [-0.15, -0.1) is 0 Å². The van der Waals surface area contributed by atoms with E-state index in [1.807, 2.05) is 0 Å². The molecule has 0 aromatic rings. The third-order valence-corrected chi connectivity index (χ3v) is 6.68. The van der Waals surface area contributed by atoms with Crippen LogP contribution < -0.4 is 0 Å². The first kappa shape index (κ1) is 13.9. The molecule has 0 aromatic heterocycles. The maximum Gasteiger partial charge on any atom is 0.0571 e. The second-order valence-electron chi connectivity index (χ2n) is 9.29. The molecule has 4 unspecified atom stereocenters. The summed E-state index contributed by atoms with van der Waals surface area (Å²) in [5, 5.41) is 10.5. The van der Waals surface area contributed by atoms with Crippen LogP contribution in [-0.4, -0.2) is 11.2 Å². The third kappa shape index (κ3) is 2.37. The second kappa shape index (κ2) is 4.23. The van der Waals surface area contributed by atoms with E-state index in [0.717, 1.165) is 18.8 Å². The summed E-state index contributed by atoms with van der Waals surface area (Å²) < 4.78 is 0. The van der Waals surface area contributed by atoms with E-state index in [-0.39, 0.29) is 6.10 Å². The van der Waals surface area contributed by atoms with Crippen LogP contribution in [0, 0.1) is 28.1 Å². The Kier molecular flexibility index (Phi) is 3.10. The van der Waals surface area contributed by atoms with Gasteiger partial charge < -0.3 is 5.11 Å². The van der Waals surface area contributed by atoms with Crippen LogP contribution in [0.2, 0.25) is 0 Å². The largest absolute Gasteiger partial charge is 0.393 e. The minimum absolute atomic E-state index is 0.0755. The van der Waals surface area contributed by atoms with Crippen molar-refractivity contribution >= 4 is 0 Å². The fourth-order valence-corrected chi connectivity index (χ4v) is 6.83. The van der Waals surface area contributed by atoms with Gasteiger partial charge in [-0.05, 0) is 73.0 Å². The Hall–Kier alpha value is -0.0400. The molecule has 4 atom stereocenters. The van der Waals surface area contributed by atoms with Crippen molar-refractivity contribution in [3.05, 3.63) is 0 Å². The lowest BCUT2D eigenvalue weighted by atomic mass is 9.39. The molecule has 4 aliphatic carbocycles. The van der Waals surface area contributed by atoms with Crippen molar-refractivity contribution < 1.29 is 5.11 Å². The quantitative estimate of drug-likeness (QED) is 0.774. The Morgan fingerprint density at radius 3 is 2.11 bits per heavy atom. The van der Waals surface area contributed by atoms with Crippen molar-refractivity contribution in [1.29, 1.82) is 0 Å². The SMILES string of the molecule is CCC(C)C(O)CC12CC3CC(C)(CC(C)(C3)C1)C2. The molecule has 0 aliphatic heterocycles. The average molecular weight is 264 g/mol. The van der Waals surface area contributed by atoms with Gasteiger partial charge in [-0.1, -0.05) is 34.1 Å². The van der Waals surface area contributed by atoms with Gasteiger partial charge in [0.2, 0.25) is 0 Å². The van der Waals surface area contributed by atoms with Crippen molar-refractivity contribution in [3.8, 4) is 0 Å². The Balaban J connectivity index is 1.81. The lowest BCUT2D eigenvalue weighted by Crippen LogP contribution is -2.55. The van der Waals surface area contributed by atoms with E-state index in [1.165, 1.54) is 38.5 Å². The van der Waals surface area contributed by atoms with Gasteiger partial charge in [-0.2, -0.15) is 0 Å². The number of rotatable bonds is 4. The normalized spacial score (nSPS) is 51.3. The van der Waals surface area contributed by atoms with Crippen LogP contribution in [0.25, 0.3) is 0 Å². The zero-order valence-electron chi connectivity index (χ0n) is 13.3. The molecule has 110 valence electrons. The van der Waals surface area contributed by atoms with Crippen LogP contribution in [0.15, 0.2) is 0 Å². The van der Waals surface area contributed by atoms with Crippen molar-refractivity contribution in [1.82, 2.24) is 0 Å². The van der Waals surface area contributed by atoms with Gasteiger partial charge in [0.25, 0.3) is 0 Å². The first-order valence-corrected chi connectivity index (χ1v) is 8.45. The zero-order chi connectivity index (χ0) is 13.9. The summed E-state index contributed by atoms with van der Waals surface area (Å²) in [6.45, 7) is 9.48. The highest BCUT2D eigenvalue weighted by Crippen LogP contribution is 2.70. The fourth-order valence-electron chi connectivity index (χ4n) is 6.83. The van der Waals surface area contributed by atoms with E-state index >= 15 is 0 Å². The highest BCUT2D eigenvalue weighted by Gasteiger charge is 2.60. The Bertz CT molecular complexity index is 343. The lowest BCUT2D eigenvalue weighted by molar-refractivity contribution is -0.159. The predicted octanol–water partition coefficient (Wildman–Crippen LogP) is 4.78. The molecule has 4 fully saturated rings. The van der Waals surface area contributed by atoms with E-state index in [1.54, 1.807) is 0 Å². The van der Waals surface area contributed by atoms with Crippen LogP contribution in [-0.2, 0) is 0 Å². The van der Waals surface area contributed by atoms with Crippen molar-refractivity contribution in [2.24, 2.45) is 28.1 Å². The fraction of sp³-hybridized carbons (Fsp3) is 1.00. The molecule has 0 heterocycles. The molecule has 0 aromatic carbocycles. The molecule has 0 saturated heterocycles. The Labute approximate surface area is 119 Å². The monoisotopic (exact) mass is 264 g/mol. The minimum atomic E-state index is -0.0755. The molecule has 19 heavy (non-hydrogen) atoms. The van der Waals surface area contributed by atoms with Gasteiger partial charge >= 0.3 is 0 Å². The summed E-state index contributed by atoms with van der Waals surface area (Å²) in [5.74, 6) is 1.42. The first-order valence-electron chi connectivity index (χ1n) is 8.45. The molecule has 0 spiro atoms. The summed E-state index contributed by atoms with van der Waals surface area (Å²) in [4.78, 5) is 0. The van der Waals surface area contributed by atoms with Crippen LogP contribution in [0.4, 0.5) is 0 Å². The van der Waals surface area contributed by atoms with Gasteiger partial charge in [0, 0.05) is 0 Å². The highest BCUT2D eigenvalue weighted by atomic mass is 16.3. The van der Waals surface area contributed by atoms with Crippen LogP contribution in [0.5, 0.6) is 0 Å². The summed E-state index contributed by atoms with van der Waals surface area (Å²) in [7, 11) is 0. The van der Waals surface area contributed by atoms with Crippen LogP contribution in [0.3, 0.4) is 0 Å². The van der Waals surface area contributed by atoms with Crippen molar-refractivity contribution in [3.63, 3.8) is 0 Å². The summed E-state index contributed by atoms with van der Waals surface area (Å²) in [5.41, 5.74) is 1.65. The minimum Gasteiger partial charge on any atom is -0.393 e. The zero-order valence-corrected chi connectivity index (χ0v) is 13.3. The molecule has 4 aliphatic rings. The van der Waals surface area contributed by atoms with E-state index in [9.17, 15) is 5.11 Å². The topological polar surface area (TPSA) is 20.2 Å². The number of hydrogen-bond donors (Lipinski definition) is 1. The maximum atomic E-state index is 10.5. The summed E-state index contributed by atoms with van der Waals surface area (Å²) in [6, 6.07) is 0. The van der Waals surface area contributed by atoms with Crippen molar-refractivity contribution in [2.75, 3.05) is 0 Å². The molecule has 1 heteroatoms.